The summed E-state index contributed by atoms with van der Waals surface area (Å²) in [6, 6.07) is 22.2. The fraction of sp³-hybridized carbons (Fsp3) is 0.125. The third kappa shape index (κ3) is 2.81. The molecule has 2 heterocycles. The zero-order chi connectivity index (χ0) is 19.1. The van der Waals surface area contributed by atoms with Gasteiger partial charge < -0.3 is 4.90 Å². The largest absolute Gasteiger partial charge is 0.327 e. The van der Waals surface area contributed by atoms with Crippen LogP contribution < -0.4 is 0 Å². The Kier molecular flexibility index (Phi) is 4.21. The van der Waals surface area contributed by atoms with Crippen LogP contribution in [0.2, 0.25) is 0 Å². The maximum absolute atomic E-state index is 13.7. The molecular formula is C24H18FNOS. The second kappa shape index (κ2) is 6.88. The lowest BCUT2D eigenvalue weighted by Gasteiger charge is -2.36. The van der Waals surface area contributed by atoms with Gasteiger partial charge in [0.1, 0.15) is 5.82 Å². The van der Waals surface area contributed by atoms with E-state index in [1.54, 1.807) is 23.5 Å². The van der Waals surface area contributed by atoms with Crippen molar-refractivity contribution in [3.63, 3.8) is 0 Å². The van der Waals surface area contributed by atoms with Crippen molar-refractivity contribution in [2.45, 2.75) is 12.5 Å². The normalized spacial score (nSPS) is 16.2. The number of halogens is 1. The quantitative estimate of drug-likeness (QED) is 0.424. The maximum atomic E-state index is 13.7. The zero-order valence-corrected chi connectivity index (χ0v) is 16.0. The molecule has 4 aromatic rings. The Hall–Kier alpha value is -2.98. The zero-order valence-electron chi connectivity index (χ0n) is 15.1. The van der Waals surface area contributed by atoms with E-state index in [2.05, 4.69) is 11.4 Å². The van der Waals surface area contributed by atoms with Crippen LogP contribution in [0.15, 0.2) is 78.2 Å². The van der Waals surface area contributed by atoms with Gasteiger partial charge in [-0.15, -0.1) is 11.3 Å². The van der Waals surface area contributed by atoms with Gasteiger partial charge in [0.15, 0.2) is 0 Å². The van der Waals surface area contributed by atoms with Crippen LogP contribution in [0, 0.1) is 5.82 Å². The Morgan fingerprint density at radius 1 is 0.964 bits per heavy atom. The standard InChI is InChI=1S/C24H18FNOS/c25-18-10-8-17(9-11-18)23-21-13-15-28-22(21)12-14-26(23)24(27)20-7-3-5-16-4-1-2-6-19(16)20/h1-11,13,15,23H,12,14H2/t23-/m1/s1. The van der Waals surface area contributed by atoms with Gasteiger partial charge >= 0.3 is 0 Å². The lowest BCUT2D eigenvalue weighted by molar-refractivity contribution is 0.0698. The molecule has 1 atom stereocenters. The van der Waals surface area contributed by atoms with Crippen LogP contribution in [-0.4, -0.2) is 17.4 Å². The molecule has 0 spiro atoms. The summed E-state index contributed by atoms with van der Waals surface area (Å²) in [5, 5.41) is 4.09. The molecule has 1 aromatic heterocycles. The number of rotatable bonds is 2. The monoisotopic (exact) mass is 387 g/mol. The molecule has 28 heavy (non-hydrogen) atoms. The number of thiophene rings is 1. The highest BCUT2D eigenvalue weighted by atomic mass is 32.1. The lowest BCUT2D eigenvalue weighted by Crippen LogP contribution is -2.40. The van der Waals surface area contributed by atoms with Crippen molar-refractivity contribution in [2.75, 3.05) is 6.54 Å². The van der Waals surface area contributed by atoms with Gasteiger partial charge in [0.05, 0.1) is 6.04 Å². The molecule has 3 aromatic carbocycles. The fourth-order valence-electron chi connectivity index (χ4n) is 4.11. The highest BCUT2D eigenvalue weighted by Gasteiger charge is 2.33. The Bertz CT molecular complexity index is 1160. The predicted molar refractivity (Wildman–Crippen MR) is 111 cm³/mol. The molecule has 1 aliphatic rings. The number of nitrogens with zero attached hydrogens (tertiary/aromatic N) is 1. The van der Waals surface area contributed by atoms with Crippen molar-refractivity contribution in [2.24, 2.45) is 0 Å². The highest BCUT2D eigenvalue weighted by Crippen LogP contribution is 2.39. The second-order valence-corrected chi connectivity index (χ2v) is 8.03. The van der Waals surface area contributed by atoms with Crippen LogP contribution in [0.25, 0.3) is 10.8 Å². The summed E-state index contributed by atoms with van der Waals surface area (Å²) in [4.78, 5) is 16.9. The summed E-state index contributed by atoms with van der Waals surface area (Å²) in [7, 11) is 0. The molecular weight excluding hydrogens is 369 g/mol. The molecule has 0 aliphatic carbocycles. The molecule has 0 saturated heterocycles. The Balaban J connectivity index is 1.63. The van der Waals surface area contributed by atoms with Gasteiger partial charge in [-0.3, -0.25) is 4.79 Å². The van der Waals surface area contributed by atoms with Crippen molar-refractivity contribution in [3.8, 4) is 0 Å². The smallest absolute Gasteiger partial charge is 0.255 e. The van der Waals surface area contributed by atoms with Gasteiger partial charge in [0, 0.05) is 17.0 Å². The van der Waals surface area contributed by atoms with Crippen LogP contribution in [0.1, 0.15) is 32.4 Å². The minimum Gasteiger partial charge on any atom is -0.327 e. The molecule has 0 saturated carbocycles. The first-order valence-electron chi connectivity index (χ1n) is 9.33. The molecule has 2 nitrogen and oxygen atoms in total. The van der Waals surface area contributed by atoms with Crippen molar-refractivity contribution < 1.29 is 9.18 Å². The molecule has 0 bridgehead atoms. The summed E-state index contributed by atoms with van der Waals surface area (Å²) < 4.78 is 13.5. The molecule has 0 radical (unpaired) electrons. The number of carbonyl (C=O) groups is 1. The maximum Gasteiger partial charge on any atom is 0.255 e. The van der Waals surface area contributed by atoms with Crippen LogP contribution in [0.5, 0.6) is 0 Å². The summed E-state index contributed by atoms with van der Waals surface area (Å²) in [5.41, 5.74) is 2.80. The third-order valence-electron chi connectivity index (χ3n) is 5.43. The van der Waals surface area contributed by atoms with Crippen molar-refractivity contribution in [3.05, 3.63) is 106 Å². The van der Waals surface area contributed by atoms with Crippen molar-refractivity contribution in [1.82, 2.24) is 4.90 Å². The van der Waals surface area contributed by atoms with E-state index in [0.29, 0.717) is 12.1 Å². The van der Waals surface area contributed by atoms with Gasteiger partial charge in [0.25, 0.3) is 5.91 Å². The molecule has 1 aliphatic heterocycles. The number of hydrogen-bond acceptors (Lipinski definition) is 2. The Morgan fingerprint density at radius 3 is 2.61 bits per heavy atom. The summed E-state index contributed by atoms with van der Waals surface area (Å²) in [6.45, 7) is 0.650. The number of hydrogen-bond donors (Lipinski definition) is 0. The van der Waals surface area contributed by atoms with E-state index < -0.39 is 0 Å². The predicted octanol–water partition coefficient (Wildman–Crippen LogP) is 5.83. The van der Waals surface area contributed by atoms with Crippen LogP contribution in [-0.2, 0) is 6.42 Å². The minimum absolute atomic E-state index is 0.0166. The number of amides is 1. The first-order chi connectivity index (χ1) is 13.7. The van der Waals surface area contributed by atoms with E-state index >= 15 is 0 Å². The van der Waals surface area contributed by atoms with Crippen LogP contribution >= 0.6 is 11.3 Å². The molecule has 1 amide bonds. The SMILES string of the molecule is O=C(c1cccc2ccccc12)N1CCc2sccc2[C@H]1c1ccc(F)cc1. The molecule has 0 fully saturated rings. The van der Waals surface area contributed by atoms with E-state index in [9.17, 15) is 9.18 Å². The van der Waals surface area contributed by atoms with Crippen LogP contribution in [0.3, 0.4) is 0 Å². The first kappa shape index (κ1) is 17.1. The van der Waals surface area contributed by atoms with E-state index in [-0.39, 0.29) is 17.8 Å². The van der Waals surface area contributed by atoms with E-state index in [4.69, 9.17) is 0 Å². The van der Waals surface area contributed by atoms with Gasteiger partial charge in [-0.2, -0.15) is 0 Å². The average Bonchev–Trinajstić information content (AvgIpc) is 3.22. The molecule has 5 rings (SSSR count). The van der Waals surface area contributed by atoms with Crippen molar-refractivity contribution in [1.29, 1.82) is 0 Å². The molecule has 0 unspecified atom stereocenters. The van der Waals surface area contributed by atoms with E-state index in [0.717, 1.165) is 28.3 Å². The van der Waals surface area contributed by atoms with Gasteiger partial charge in [0.2, 0.25) is 0 Å². The van der Waals surface area contributed by atoms with Gasteiger partial charge in [-0.05, 0) is 58.0 Å². The summed E-state index contributed by atoms with van der Waals surface area (Å²) >= 11 is 1.73. The number of carbonyl (C=O) groups excluding carboxylic acids is 1. The highest BCUT2D eigenvalue weighted by molar-refractivity contribution is 7.10. The van der Waals surface area contributed by atoms with Gasteiger partial charge in [-0.25, -0.2) is 4.39 Å². The minimum atomic E-state index is -0.267. The second-order valence-electron chi connectivity index (χ2n) is 7.03. The number of benzene rings is 3. The lowest BCUT2D eigenvalue weighted by atomic mass is 9.92. The summed E-state index contributed by atoms with van der Waals surface area (Å²) in [5.74, 6) is -0.250. The molecule has 138 valence electrons. The Morgan fingerprint density at radius 2 is 1.75 bits per heavy atom. The Labute approximate surface area is 166 Å². The molecule has 4 heteroatoms. The topological polar surface area (TPSA) is 20.3 Å². The number of fused-ring (bicyclic) bond motifs is 2. The van der Waals surface area contributed by atoms with Crippen molar-refractivity contribution >= 4 is 28.0 Å². The average molecular weight is 387 g/mol. The summed E-state index contributed by atoms with van der Waals surface area (Å²) in [6.07, 6.45) is 0.848. The van der Waals surface area contributed by atoms with E-state index in [1.807, 2.05) is 47.4 Å². The fourth-order valence-corrected chi connectivity index (χ4v) is 5.01. The third-order valence-corrected chi connectivity index (χ3v) is 6.43. The molecule has 0 N–H and O–H groups in total. The van der Waals surface area contributed by atoms with Crippen LogP contribution in [0.4, 0.5) is 4.39 Å². The first-order valence-corrected chi connectivity index (χ1v) is 10.2. The van der Waals surface area contributed by atoms with Gasteiger partial charge in [-0.1, -0.05) is 48.5 Å². The van der Waals surface area contributed by atoms with E-state index in [1.165, 1.54) is 17.0 Å².